The molecular weight excluding hydrogens is 250 g/mol. The molecule has 0 aliphatic rings. The molecule has 0 radical (unpaired) electrons. The lowest BCUT2D eigenvalue weighted by molar-refractivity contribution is 0.494. The van der Waals surface area contributed by atoms with E-state index >= 15 is 0 Å². The summed E-state index contributed by atoms with van der Waals surface area (Å²) < 4.78 is 1.18. The summed E-state index contributed by atoms with van der Waals surface area (Å²) in [4.78, 5) is 0. The lowest BCUT2D eigenvalue weighted by atomic mass is 10.0. The van der Waals surface area contributed by atoms with Crippen LogP contribution >= 0.6 is 15.9 Å². The molecule has 0 saturated carbocycles. The Balaban J connectivity index is 2.76. The van der Waals surface area contributed by atoms with Gasteiger partial charge in [-0.05, 0) is 47.3 Å². The summed E-state index contributed by atoms with van der Waals surface area (Å²) in [7, 11) is 0. The van der Waals surface area contributed by atoms with Crippen LogP contribution < -0.4 is 5.32 Å². The zero-order chi connectivity index (χ0) is 11.4. The fraction of sp³-hybridized carbons (Fsp3) is 0.538. The molecule has 84 valence electrons. The van der Waals surface area contributed by atoms with Crippen molar-refractivity contribution in [1.82, 2.24) is 0 Å². The molecule has 2 heteroatoms. The van der Waals surface area contributed by atoms with E-state index in [0.717, 1.165) is 0 Å². The summed E-state index contributed by atoms with van der Waals surface area (Å²) in [6, 6.07) is 6.83. The van der Waals surface area contributed by atoms with Gasteiger partial charge in [-0.2, -0.15) is 0 Å². The third-order valence-electron chi connectivity index (χ3n) is 3.07. The Bertz CT molecular complexity index is 322. The molecule has 0 aliphatic heterocycles. The molecule has 0 bridgehead atoms. The topological polar surface area (TPSA) is 12.0 Å². The summed E-state index contributed by atoms with van der Waals surface area (Å²) in [6.07, 6.45) is 1.21. The second-order valence-electron chi connectivity index (χ2n) is 4.25. The van der Waals surface area contributed by atoms with Crippen LogP contribution in [0, 0.1) is 12.8 Å². The van der Waals surface area contributed by atoms with Crippen molar-refractivity contribution in [3.63, 3.8) is 0 Å². The van der Waals surface area contributed by atoms with Gasteiger partial charge in [0, 0.05) is 16.2 Å². The normalized spacial score (nSPS) is 14.7. The van der Waals surface area contributed by atoms with Gasteiger partial charge in [-0.25, -0.2) is 0 Å². The highest BCUT2D eigenvalue weighted by Crippen LogP contribution is 2.27. The summed E-state index contributed by atoms with van der Waals surface area (Å²) in [6.45, 7) is 8.86. The summed E-state index contributed by atoms with van der Waals surface area (Å²) >= 11 is 3.62. The van der Waals surface area contributed by atoms with Gasteiger partial charge >= 0.3 is 0 Å². The molecule has 1 rings (SSSR count). The predicted octanol–water partition coefficient (Wildman–Crippen LogP) is 4.60. The van der Waals surface area contributed by atoms with E-state index in [-0.39, 0.29) is 0 Å². The first-order valence-corrected chi connectivity index (χ1v) is 6.37. The molecule has 0 aliphatic carbocycles. The van der Waals surface area contributed by atoms with Gasteiger partial charge < -0.3 is 5.32 Å². The molecule has 1 N–H and O–H groups in total. The quantitative estimate of drug-likeness (QED) is 0.842. The van der Waals surface area contributed by atoms with E-state index in [1.54, 1.807) is 0 Å². The van der Waals surface area contributed by atoms with Gasteiger partial charge in [-0.15, -0.1) is 0 Å². The lowest BCUT2D eigenvalue weighted by Gasteiger charge is -2.22. The zero-order valence-electron chi connectivity index (χ0n) is 9.97. The number of anilines is 1. The molecule has 0 spiro atoms. The van der Waals surface area contributed by atoms with Crippen molar-refractivity contribution in [3.05, 3.63) is 28.2 Å². The fourth-order valence-electron chi connectivity index (χ4n) is 1.50. The molecular formula is C13H20BrN. The third kappa shape index (κ3) is 3.23. The van der Waals surface area contributed by atoms with E-state index in [2.05, 4.69) is 67.1 Å². The van der Waals surface area contributed by atoms with Gasteiger partial charge in [0.2, 0.25) is 0 Å². The van der Waals surface area contributed by atoms with Gasteiger partial charge in [-0.3, -0.25) is 0 Å². The number of nitrogens with one attached hydrogen (secondary N) is 1. The minimum atomic E-state index is 0.507. The number of rotatable bonds is 4. The number of hydrogen-bond donors (Lipinski definition) is 1. The maximum Gasteiger partial charge on any atom is 0.0489 e. The van der Waals surface area contributed by atoms with Crippen molar-refractivity contribution in [2.75, 3.05) is 5.32 Å². The van der Waals surface area contributed by atoms with Crippen LogP contribution in [0.25, 0.3) is 0 Å². The third-order valence-corrected chi connectivity index (χ3v) is 4.13. The first-order chi connectivity index (χ1) is 7.06. The van der Waals surface area contributed by atoms with E-state index < -0.39 is 0 Å². The van der Waals surface area contributed by atoms with Gasteiger partial charge in [0.25, 0.3) is 0 Å². The Hall–Kier alpha value is -0.500. The van der Waals surface area contributed by atoms with E-state index in [1.165, 1.54) is 22.1 Å². The summed E-state index contributed by atoms with van der Waals surface area (Å²) in [5.41, 5.74) is 2.47. The van der Waals surface area contributed by atoms with Crippen LogP contribution in [-0.2, 0) is 0 Å². The molecule has 0 heterocycles. The highest BCUT2D eigenvalue weighted by molar-refractivity contribution is 9.10. The van der Waals surface area contributed by atoms with Gasteiger partial charge in [0.15, 0.2) is 0 Å². The number of halogens is 1. The van der Waals surface area contributed by atoms with Gasteiger partial charge in [-0.1, -0.05) is 32.4 Å². The van der Waals surface area contributed by atoms with Crippen LogP contribution in [0.3, 0.4) is 0 Å². The van der Waals surface area contributed by atoms with Gasteiger partial charge in [0.05, 0.1) is 0 Å². The maximum atomic E-state index is 3.62. The molecule has 0 saturated heterocycles. The Kier molecular flexibility index (Phi) is 4.65. The zero-order valence-corrected chi connectivity index (χ0v) is 11.6. The van der Waals surface area contributed by atoms with E-state index in [0.29, 0.717) is 12.0 Å². The Labute approximate surface area is 101 Å². The average Bonchev–Trinajstić information content (AvgIpc) is 2.23. The molecule has 2 unspecified atom stereocenters. The lowest BCUT2D eigenvalue weighted by Crippen LogP contribution is -2.23. The first-order valence-electron chi connectivity index (χ1n) is 5.58. The molecule has 1 nitrogen and oxygen atoms in total. The second-order valence-corrected chi connectivity index (χ2v) is 5.05. The van der Waals surface area contributed by atoms with Crippen LogP contribution in [0.2, 0.25) is 0 Å². The number of hydrogen-bond acceptors (Lipinski definition) is 1. The van der Waals surface area contributed by atoms with E-state index in [4.69, 9.17) is 0 Å². The Morgan fingerprint density at radius 1 is 1.33 bits per heavy atom. The predicted molar refractivity (Wildman–Crippen MR) is 71.4 cm³/mol. The maximum absolute atomic E-state index is 3.62. The van der Waals surface area contributed by atoms with Crippen LogP contribution in [0.5, 0.6) is 0 Å². The second kappa shape index (κ2) is 5.55. The van der Waals surface area contributed by atoms with E-state index in [1.807, 2.05) is 0 Å². The molecule has 2 atom stereocenters. The minimum absolute atomic E-state index is 0.507. The van der Waals surface area contributed by atoms with Crippen molar-refractivity contribution in [3.8, 4) is 0 Å². The van der Waals surface area contributed by atoms with Crippen molar-refractivity contribution >= 4 is 21.6 Å². The van der Waals surface area contributed by atoms with Crippen molar-refractivity contribution in [1.29, 1.82) is 0 Å². The largest absolute Gasteiger partial charge is 0.381 e. The highest BCUT2D eigenvalue weighted by atomic mass is 79.9. The van der Waals surface area contributed by atoms with Crippen LogP contribution in [-0.4, -0.2) is 6.04 Å². The first kappa shape index (κ1) is 12.6. The molecule has 1 aromatic rings. The van der Waals surface area contributed by atoms with Crippen molar-refractivity contribution < 1.29 is 0 Å². The van der Waals surface area contributed by atoms with Crippen molar-refractivity contribution in [2.45, 2.75) is 40.2 Å². The molecule has 1 aromatic carbocycles. The smallest absolute Gasteiger partial charge is 0.0489 e. The van der Waals surface area contributed by atoms with Crippen LogP contribution in [0.15, 0.2) is 22.7 Å². The Morgan fingerprint density at radius 3 is 2.60 bits per heavy atom. The molecule has 0 fully saturated rings. The molecule has 0 amide bonds. The van der Waals surface area contributed by atoms with Gasteiger partial charge in [0.1, 0.15) is 0 Å². The summed E-state index contributed by atoms with van der Waals surface area (Å²) in [5, 5.41) is 3.55. The van der Waals surface area contributed by atoms with Crippen molar-refractivity contribution in [2.24, 2.45) is 5.92 Å². The fourth-order valence-corrected chi connectivity index (χ4v) is 1.88. The highest BCUT2D eigenvalue weighted by Gasteiger charge is 2.11. The monoisotopic (exact) mass is 269 g/mol. The minimum Gasteiger partial charge on any atom is -0.381 e. The standard InChI is InChI=1S/C13H20BrN/c1-5-9(2)11(4)15-12-8-6-7-10(3)13(12)14/h6-9,11,15H,5H2,1-4H3. The molecule has 0 aromatic heterocycles. The molecule has 15 heavy (non-hydrogen) atoms. The summed E-state index contributed by atoms with van der Waals surface area (Å²) in [5.74, 6) is 0.692. The SMILES string of the molecule is CCC(C)C(C)Nc1cccc(C)c1Br. The average molecular weight is 270 g/mol. The number of aryl methyl sites for hydroxylation is 1. The van der Waals surface area contributed by atoms with E-state index in [9.17, 15) is 0 Å². The van der Waals surface area contributed by atoms with Crippen LogP contribution in [0.1, 0.15) is 32.8 Å². The Morgan fingerprint density at radius 2 is 2.00 bits per heavy atom. The number of benzene rings is 1. The van der Waals surface area contributed by atoms with Crippen LogP contribution in [0.4, 0.5) is 5.69 Å².